The van der Waals surface area contributed by atoms with E-state index in [9.17, 15) is 18.8 Å². The molecule has 36 heavy (non-hydrogen) atoms. The van der Waals surface area contributed by atoms with Crippen molar-refractivity contribution in [1.29, 1.82) is 5.26 Å². The molecule has 1 N–H and O–H groups in total. The molecule has 3 atom stereocenters. The third-order valence-corrected chi connectivity index (χ3v) is 6.84. The molecule has 2 aromatic heterocycles. The summed E-state index contributed by atoms with van der Waals surface area (Å²) in [5.74, 6) is -2.96. The van der Waals surface area contributed by atoms with E-state index in [0.717, 1.165) is 11.1 Å². The minimum absolute atomic E-state index is 0.168. The number of benzene rings is 1. The van der Waals surface area contributed by atoms with Crippen LogP contribution in [-0.2, 0) is 0 Å². The average molecular weight is 497 g/mol. The summed E-state index contributed by atoms with van der Waals surface area (Å²) in [6.07, 6.45) is 5.63. The van der Waals surface area contributed by atoms with E-state index in [1.807, 2.05) is 61.0 Å². The Morgan fingerprint density at radius 2 is 2.25 bits per heavy atom. The number of nitrogens with zero attached hydrogens (tertiary/aromatic N) is 5. The van der Waals surface area contributed by atoms with Crippen LogP contribution in [0.1, 0.15) is 51.1 Å². The number of hydrogen-bond donors (Lipinski definition) is 1. The zero-order valence-electron chi connectivity index (χ0n) is 20.6. The number of nitriles is 1. The summed E-state index contributed by atoms with van der Waals surface area (Å²) in [5, 5.41) is 12.3. The lowest BCUT2D eigenvalue weighted by molar-refractivity contribution is -0.0549. The summed E-state index contributed by atoms with van der Waals surface area (Å²) in [6.45, 7) is 4.12. The van der Waals surface area contributed by atoms with Crippen LogP contribution in [0.15, 0.2) is 42.9 Å². The van der Waals surface area contributed by atoms with Crippen LogP contribution in [0.5, 0.6) is 5.88 Å². The van der Waals surface area contributed by atoms with Crippen molar-refractivity contribution in [2.24, 2.45) is 5.92 Å². The lowest BCUT2D eigenvalue weighted by Crippen LogP contribution is -2.49. The first-order chi connectivity index (χ1) is 17.3. The Morgan fingerprint density at radius 3 is 2.94 bits per heavy atom. The summed E-state index contributed by atoms with van der Waals surface area (Å²) in [6, 6.07) is 7.97. The van der Waals surface area contributed by atoms with Crippen molar-refractivity contribution >= 4 is 11.7 Å². The molecule has 0 saturated heterocycles. The first-order valence-electron chi connectivity index (χ1n) is 12.1. The fraction of sp³-hybridized carbons (Fsp3) is 0.462. The van der Waals surface area contributed by atoms with Gasteiger partial charge in [-0.15, -0.1) is 0 Å². The van der Waals surface area contributed by atoms with Gasteiger partial charge in [0.05, 0.1) is 24.9 Å². The second kappa shape index (κ2) is 10.5. The third-order valence-electron chi connectivity index (χ3n) is 6.84. The average Bonchev–Trinajstić information content (AvgIpc) is 3.35. The molecule has 0 aliphatic heterocycles. The van der Waals surface area contributed by atoms with Gasteiger partial charge in [-0.3, -0.25) is 0 Å². The Hall–Kier alpha value is -3.74. The highest BCUT2D eigenvalue weighted by Gasteiger charge is 2.40. The number of fused-ring (bicyclic) bond motifs is 1. The number of aromatic nitrogens is 3. The number of nitrogens with one attached hydrogen (secondary N) is 1. The highest BCUT2D eigenvalue weighted by Crippen LogP contribution is 2.38. The molecule has 4 rings (SSSR count). The molecule has 1 aromatic carbocycles. The number of carbonyl (C=O) groups excluding carboxylic acids is 1. The Balaban J connectivity index is 1.54. The smallest absolute Gasteiger partial charge is 0.318 e. The second-order valence-corrected chi connectivity index (χ2v) is 9.15. The lowest BCUT2D eigenvalue weighted by Gasteiger charge is -2.34. The fourth-order valence-corrected chi connectivity index (χ4v) is 4.88. The number of urea groups is 1. The summed E-state index contributed by atoms with van der Waals surface area (Å²) in [5.41, 5.74) is 3.00. The number of carbonyl (C=O) groups is 1. The Morgan fingerprint density at radius 1 is 1.44 bits per heavy atom. The molecule has 3 unspecified atom stereocenters. The number of alkyl halides is 2. The van der Waals surface area contributed by atoms with Crippen LogP contribution in [0.4, 0.5) is 13.6 Å². The maximum absolute atomic E-state index is 13.9. The van der Waals surface area contributed by atoms with Crippen molar-refractivity contribution in [1.82, 2.24) is 24.6 Å². The van der Waals surface area contributed by atoms with Crippen molar-refractivity contribution < 1.29 is 18.3 Å². The van der Waals surface area contributed by atoms with Crippen LogP contribution in [0, 0.1) is 17.2 Å². The predicted octanol–water partition coefficient (Wildman–Crippen LogP) is 5.22. The van der Waals surface area contributed by atoms with Gasteiger partial charge in [0, 0.05) is 43.5 Å². The molecule has 1 aliphatic rings. The van der Waals surface area contributed by atoms with Crippen molar-refractivity contribution in [3.8, 4) is 23.2 Å². The summed E-state index contributed by atoms with van der Waals surface area (Å²) in [7, 11) is 1.54. The predicted molar refractivity (Wildman–Crippen MR) is 131 cm³/mol. The Labute approximate surface area is 208 Å². The molecule has 0 radical (unpaired) electrons. The number of rotatable bonds is 7. The van der Waals surface area contributed by atoms with Gasteiger partial charge in [-0.2, -0.15) is 5.26 Å². The molecule has 1 saturated carbocycles. The molecular weight excluding hydrogens is 466 g/mol. The van der Waals surface area contributed by atoms with Gasteiger partial charge < -0.3 is 19.4 Å². The lowest BCUT2D eigenvalue weighted by atomic mass is 9.82. The van der Waals surface area contributed by atoms with Gasteiger partial charge in [0.1, 0.15) is 6.04 Å². The highest BCUT2D eigenvalue weighted by atomic mass is 19.3. The van der Waals surface area contributed by atoms with Crippen LogP contribution >= 0.6 is 0 Å². The minimum atomic E-state index is -2.79. The first-order valence-corrected chi connectivity index (χ1v) is 12.1. The van der Waals surface area contributed by atoms with Gasteiger partial charge in [-0.05, 0) is 44.2 Å². The van der Waals surface area contributed by atoms with E-state index in [-0.39, 0.29) is 18.9 Å². The summed E-state index contributed by atoms with van der Waals surface area (Å²) in [4.78, 5) is 23.6. The van der Waals surface area contributed by atoms with Gasteiger partial charge in [-0.1, -0.05) is 18.2 Å². The van der Waals surface area contributed by atoms with Crippen LogP contribution < -0.4 is 10.1 Å². The molecule has 0 spiro atoms. The zero-order chi connectivity index (χ0) is 25.9. The van der Waals surface area contributed by atoms with E-state index >= 15 is 0 Å². The maximum atomic E-state index is 13.9. The maximum Gasteiger partial charge on any atom is 0.318 e. The molecule has 2 amide bonds. The number of ether oxygens (including phenoxy) is 1. The molecule has 1 aliphatic carbocycles. The fourth-order valence-electron chi connectivity index (χ4n) is 4.88. The molecule has 2 heterocycles. The molecule has 8 nitrogen and oxygen atoms in total. The standard InChI is InChI=1S/C26H30F2N6O2/c1-4-34(25(35)32-21(15-29)20-9-6-10-26(27,28)14-20)17(2)18-7-5-8-19(13-18)22-16-33-12-11-30-23(33)24(31-22)36-3/h5,7-8,11-13,16-17,20-21H,4,6,9-10,14H2,1-3H3,(H,32,35). The van der Waals surface area contributed by atoms with Gasteiger partial charge in [0.2, 0.25) is 5.92 Å². The summed E-state index contributed by atoms with van der Waals surface area (Å²) >= 11 is 0. The second-order valence-electron chi connectivity index (χ2n) is 9.15. The zero-order valence-corrected chi connectivity index (χ0v) is 20.6. The Bertz CT molecular complexity index is 1270. The first kappa shape index (κ1) is 25.4. The van der Waals surface area contributed by atoms with Crippen LogP contribution in [-0.4, -0.2) is 50.9 Å². The minimum Gasteiger partial charge on any atom is -0.478 e. The monoisotopic (exact) mass is 496 g/mol. The van der Waals surface area contributed by atoms with E-state index in [1.54, 1.807) is 18.2 Å². The van der Waals surface area contributed by atoms with E-state index in [1.165, 1.54) is 0 Å². The highest BCUT2D eigenvalue weighted by molar-refractivity contribution is 5.75. The van der Waals surface area contributed by atoms with Crippen LogP contribution in [0.2, 0.25) is 0 Å². The van der Waals surface area contributed by atoms with E-state index in [4.69, 9.17) is 4.74 Å². The van der Waals surface area contributed by atoms with Crippen LogP contribution in [0.3, 0.4) is 0 Å². The van der Waals surface area contributed by atoms with Crippen molar-refractivity contribution in [3.05, 3.63) is 48.4 Å². The molecule has 3 aromatic rings. The SMILES string of the molecule is CCN(C(=O)NC(C#N)C1CCCC(F)(F)C1)C(C)c1cccc(-c2cn3ccnc3c(OC)n2)c1. The quantitative estimate of drug-likeness (QED) is 0.484. The number of hydrogen-bond acceptors (Lipinski definition) is 5. The Kier molecular flexibility index (Phi) is 7.38. The van der Waals surface area contributed by atoms with Crippen molar-refractivity contribution in [2.45, 2.75) is 57.5 Å². The van der Waals surface area contributed by atoms with E-state index in [2.05, 4.69) is 15.3 Å². The normalized spacial score (nSPS) is 18.7. The van der Waals surface area contributed by atoms with Gasteiger partial charge in [0.15, 0.2) is 5.65 Å². The van der Waals surface area contributed by atoms with E-state index in [0.29, 0.717) is 36.6 Å². The van der Waals surface area contributed by atoms with Crippen molar-refractivity contribution in [3.63, 3.8) is 0 Å². The number of amides is 2. The van der Waals surface area contributed by atoms with Gasteiger partial charge in [0.25, 0.3) is 5.88 Å². The van der Waals surface area contributed by atoms with E-state index < -0.39 is 23.9 Å². The summed E-state index contributed by atoms with van der Waals surface area (Å²) < 4.78 is 35.0. The van der Waals surface area contributed by atoms with Crippen LogP contribution in [0.25, 0.3) is 16.9 Å². The third kappa shape index (κ3) is 5.25. The molecule has 190 valence electrons. The largest absolute Gasteiger partial charge is 0.478 e. The molecule has 10 heteroatoms. The topological polar surface area (TPSA) is 95.6 Å². The molecule has 1 fully saturated rings. The number of halogens is 2. The van der Waals surface area contributed by atoms with Gasteiger partial charge in [-0.25, -0.2) is 23.5 Å². The number of imidazole rings is 1. The molecular formula is C26H30F2N6O2. The number of methoxy groups -OCH3 is 1. The van der Waals surface area contributed by atoms with Gasteiger partial charge >= 0.3 is 6.03 Å². The van der Waals surface area contributed by atoms with Crippen molar-refractivity contribution in [2.75, 3.05) is 13.7 Å². The molecule has 0 bridgehead atoms.